The van der Waals surface area contributed by atoms with Gasteiger partial charge in [0, 0.05) is 19.5 Å². The van der Waals surface area contributed by atoms with Gasteiger partial charge in [0.1, 0.15) is 6.61 Å². The molecule has 112 valence electrons. The van der Waals surface area contributed by atoms with Crippen molar-refractivity contribution in [3.63, 3.8) is 0 Å². The molecule has 1 aliphatic heterocycles. The van der Waals surface area contributed by atoms with Crippen molar-refractivity contribution in [2.24, 2.45) is 5.92 Å². The van der Waals surface area contributed by atoms with Crippen molar-refractivity contribution in [3.05, 3.63) is 0 Å². The highest BCUT2D eigenvalue weighted by molar-refractivity contribution is 5.66. The van der Waals surface area contributed by atoms with Crippen LogP contribution in [-0.4, -0.2) is 55.0 Å². The first-order valence-corrected chi connectivity index (χ1v) is 6.45. The lowest BCUT2D eigenvalue weighted by atomic mass is 9.93. The van der Waals surface area contributed by atoms with Crippen LogP contribution in [0.2, 0.25) is 0 Å². The molecule has 1 unspecified atom stereocenters. The van der Waals surface area contributed by atoms with Gasteiger partial charge in [0.15, 0.2) is 0 Å². The third kappa shape index (κ3) is 8.05. The molecule has 1 fully saturated rings. The summed E-state index contributed by atoms with van der Waals surface area (Å²) in [4.78, 5) is 12.5. The lowest BCUT2D eigenvalue weighted by Crippen LogP contribution is -2.38. The SMILES string of the molecule is O=C(O)CCC1CCCN(CCOCC(F)(F)F)C1. The zero-order chi connectivity index (χ0) is 14.3. The van der Waals surface area contributed by atoms with Gasteiger partial charge in [-0.2, -0.15) is 13.2 Å². The molecule has 0 aromatic heterocycles. The standard InChI is InChI=1S/C12H20F3NO3/c13-12(14,15)9-19-7-6-16-5-1-2-10(8-16)3-4-11(17)18/h10H,1-9H2,(H,17,18). The number of carboxylic acids is 1. The van der Waals surface area contributed by atoms with E-state index in [1.54, 1.807) is 0 Å². The van der Waals surface area contributed by atoms with Crippen LogP contribution in [0.5, 0.6) is 0 Å². The van der Waals surface area contributed by atoms with Crippen molar-refractivity contribution >= 4 is 5.97 Å². The van der Waals surface area contributed by atoms with Gasteiger partial charge in [0.2, 0.25) is 0 Å². The fourth-order valence-corrected chi connectivity index (χ4v) is 2.30. The molecule has 0 aliphatic carbocycles. The van der Waals surface area contributed by atoms with Crippen LogP contribution < -0.4 is 0 Å². The zero-order valence-electron chi connectivity index (χ0n) is 10.8. The number of piperidine rings is 1. The van der Waals surface area contributed by atoms with Crippen LogP contribution in [0.3, 0.4) is 0 Å². The van der Waals surface area contributed by atoms with Gasteiger partial charge in [0.25, 0.3) is 0 Å². The van der Waals surface area contributed by atoms with Crippen LogP contribution in [0.25, 0.3) is 0 Å². The van der Waals surface area contributed by atoms with Gasteiger partial charge in [0.05, 0.1) is 6.61 Å². The Kier molecular flexibility index (Phi) is 6.57. The number of nitrogens with zero attached hydrogens (tertiary/aromatic N) is 1. The molecule has 0 amide bonds. The van der Waals surface area contributed by atoms with Crippen molar-refractivity contribution in [2.75, 3.05) is 32.8 Å². The normalized spacial score (nSPS) is 21.5. The summed E-state index contributed by atoms with van der Waals surface area (Å²) in [6.45, 7) is 0.926. The summed E-state index contributed by atoms with van der Waals surface area (Å²) in [6, 6.07) is 0. The fourth-order valence-electron chi connectivity index (χ4n) is 2.30. The number of likely N-dealkylation sites (tertiary alicyclic amines) is 1. The van der Waals surface area contributed by atoms with E-state index in [1.165, 1.54) is 0 Å². The second-order valence-corrected chi connectivity index (χ2v) is 4.91. The van der Waals surface area contributed by atoms with Crippen LogP contribution in [0.15, 0.2) is 0 Å². The Morgan fingerprint density at radius 2 is 2.16 bits per heavy atom. The highest BCUT2D eigenvalue weighted by Crippen LogP contribution is 2.21. The van der Waals surface area contributed by atoms with Gasteiger partial charge in [-0.05, 0) is 31.7 Å². The third-order valence-corrected chi connectivity index (χ3v) is 3.19. The Balaban J connectivity index is 2.14. The summed E-state index contributed by atoms with van der Waals surface area (Å²) in [7, 11) is 0. The molecular formula is C12H20F3NO3. The van der Waals surface area contributed by atoms with Crippen molar-refractivity contribution < 1.29 is 27.8 Å². The first kappa shape index (κ1) is 16.2. The molecule has 19 heavy (non-hydrogen) atoms. The number of aliphatic carboxylic acids is 1. The number of carbonyl (C=O) groups is 1. The zero-order valence-corrected chi connectivity index (χ0v) is 10.8. The Bertz CT molecular complexity index is 284. The summed E-state index contributed by atoms with van der Waals surface area (Å²) >= 11 is 0. The molecule has 0 aromatic carbocycles. The average Bonchev–Trinajstić information content (AvgIpc) is 2.32. The monoisotopic (exact) mass is 283 g/mol. The number of halogens is 3. The maximum Gasteiger partial charge on any atom is 0.411 e. The second kappa shape index (κ2) is 7.69. The summed E-state index contributed by atoms with van der Waals surface area (Å²) < 4.78 is 40.2. The predicted molar refractivity (Wildman–Crippen MR) is 62.9 cm³/mol. The molecule has 0 spiro atoms. The Morgan fingerprint density at radius 1 is 1.42 bits per heavy atom. The largest absolute Gasteiger partial charge is 0.481 e. The number of ether oxygens (including phenoxy) is 1. The van der Waals surface area contributed by atoms with Gasteiger partial charge in [-0.25, -0.2) is 0 Å². The topological polar surface area (TPSA) is 49.8 Å². The van der Waals surface area contributed by atoms with Crippen LogP contribution in [0.4, 0.5) is 13.2 Å². The molecule has 0 bridgehead atoms. The summed E-state index contributed by atoms with van der Waals surface area (Å²) in [6.07, 6.45) is -1.53. The first-order valence-electron chi connectivity index (χ1n) is 6.45. The minimum atomic E-state index is -4.27. The summed E-state index contributed by atoms with van der Waals surface area (Å²) in [5.74, 6) is -0.474. The van der Waals surface area contributed by atoms with Gasteiger partial charge in [-0.15, -0.1) is 0 Å². The van der Waals surface area contributed by atoms with E-state index in [4.69, 9.17) is 5.11 Å². The van der Waals surface area contributed by atoms with Crippen molar-refractivity contribution in [3.8, 4) is 0 Å². The number of carboxylic acid groups (broad SMARTS) is 1. The van der Waals surface area contributed by atoms with Gasteiger partial charge in [-0.1, -0.05) is 0 Å². The lowest BCUT2D eigenvalue weighted by Gasteiger charge is -2.32. The number of hydrogen-bond donors (Lipinski definition) is 1. The molecule has 7 heteroatoms. The minimum Gasteiger partial charge on any atom is -0.481 e. The lowest BCUT2D eigenvalue weighted by molar-refractivity contribution is -0.174. The van der Waals surface area contributed by atoms with Crippen molar-refractivity contribution in [2.45, 2.75) is 31.9 Å². The molecule has 1 saturated heterocycles. The number of hydrogen-bond acceptors (Lipinski definition) is 3. The Morgan fingerprint density at radius 3 is 2.79 bits per heavy atom. The molecule has 0 aromatic rings. The van der Waals surface area contributed by atoms with Crippen LogP contribution in [-0.2, 0) is 9.53 Å². The first-order chi connectivity index (χ1) is 8.87. The Hall–Kier alpha value is -0.820. The predicted octanol–water partition coefficient (Wildman–Crippen LogP) is 2.14. The number of rotatable bonds is 7. The number of alkyl halides is 3. The smallest absolute Gasteiger partial charge is 0.411 e. The minimum absolute atomic E-state index is 0.0607. The van der Waals surface area contributed by atoms with Crippen molar-refractivity contribution in [1.29, 1.82) is 0 Å². The Labute approximate surface area is 110 Å². The molecular weight excluding hydrogens is 263 g/mol. The quantitative estimate of drug-likeness (QED) is 0.727. The van der Waals surface area contributed by atoms with E-state index in [0.29, 0.717) is 18.9 Å². The molecule has 1 N–H and O–H groups in total. The van der Waals surface area contributed by atoms with Crippen molar-refractivity contribution in [1.82, 2.24) is 4.90 Å². The maximum absolute atomic E-state index is 11.9. The van der Waals surface area contributed by atoms with Gasteiger partial charge >= 0.3 is 12.1 Å². The van der Waals surface area contributed by atoms with Crippen LogP contribution in [0, 0.1) is 5.92 Å². The molecule has 0 saturated carbocycles. The van der Waals surface area contributed by atoms with Gasteiger partial charge in [-0.3, -0.25) is 4.79 Å². The van der Waals surface area contributed by atoms with Gasteiger partial charge < -0.3 is 14.7 Å². The van der Waals surface area contributed by atoms with E-state index in [0.717, 1.165) is 25.9 Å². The van der Waals surface area contributed by atoms with Crippen LogP contribution in [0.1, 0.15) is 25.7 Å². The van der Waals surface area contributed by atoms with E-state index in [9.17, 15) is 18.0 Å². The van der Waals surface area contributed by atoms with E-state index < -0.39 is 18.8 Å². The van der Waals surface area contributed by atoms with E-state index >= 15 is 0 Å². The maximum atomic E-state index is 11.9. The van der Waals surface area contributed by atoms with E-state index in [-0.39, 0.29) is 13.0 Å². The van der Waals surface area contributed by atoms with E-state index in [1.807, 2.05) is 4.90 Å². The molecule has 4 nitrogen and oxygen atoms in total. The fraction of sp³-hybridized carbons (Fsp3) is 0.917. The third-order valence-electron chi connectivity index (χ3n) is 3.19. The second-order valence-electron chi connectivity index (χ2n) is 4.91. The summed E-state index contributed by atoms with van der Waals surface area (Å²) in [5.41, 5.74) is 0. The molecule has 1 rings (SSSR count). The molecule has 1 atom stereocenters. The highest BCUT2D eigenvalue weighted by atomic mass is 19.4. The van der Waals surface area contributed by atoms with E-state index in [2.05, 4.69) is 4.74 Å². The summed E-state index contributed by atoms with van der Waals surface area (Å²) in [5, 5.41) is 8.62. The molecule has 0 radical (unpaired) electrons. The highest BCUT2D eigenvalue weighted by Gasteiger charge is 2.27. The van der Waals surface area contributed by atoms with Crippen LogP contribution >= 0.6 is 0 Å². The molecule has 1 aliphatic rings. The molecule has 1 heterocycles. The average molecular weight is 283 g/mol.